The van der Waals surface area contributed by atoms with Crippen molar-refractivity contribution >= 4 is 37.9 Å². The molecule has 21 heavy (non-hydrogen) atoms. The average molecular weight is 326 g/mol. The Morgan fingerprint density at radius 1 is 1.10 bits per heavy atom. The molecule has 0 aliphatic rings. The van der Waals surface area contributed by atoms with Crippen LogP contribution in [0.25, 0.3) is 9.40 Å². The van der Waals surface area contributed by atoms with Crippen LogP contribution in [0.5, 0.6) is 0 Å². The summed E-state index contributed by atoms with van der Waals surface area (Å²) in [6.45, 7) is 1.53. The van der Waals surface area contributed by atoms with Gasteiger partial charge in [-0.2, -0.15) is 13.2 Å². The molecule has 0 saturated carbocycles. The predicted octanol–water partition coefficient (Wildman–Crippen LogP) is 5.52. The van der Waals surface area contributed by atoms with Crippen LogP contribution in [0.1, 0.15) is 26.4 Å². The summed E-state index contributed by atoms with van der Waals surface area (Å²) < 4.78 is 40.0. The molecule has 6 heteroatoms. The Labute approximate surface area is 126 Å². The molecular weight excluding hydrogens is 317 g/mol. The zero-order chi connectivity index (χ0) is 15.2. The van der Waals surface area contributed by atoms with Crippen molar-refractivity contribution in [1.82, 2.24) is 0 Å². The minimum Gasteiger partial charge on any atom is -0.288 e. The smallest absolute Gasteiger partial charge is 0.288 e. The van der Waals surface area contributed by atoms with E-state index in [9.17, 15) is 18.0 Å². The highest BCUT2D eigenvalue weighted by molar-refractivity contribution is 7.28. The molecule has 0 fully saturated rings. The van der Waals surface area contributed by atoms with Gasteiger partial charge in [-0.3, -0.25) is 4.79 Å². The van der Waals surface area contributed by atoms with Gasteiger partial charge in [0.25, 0.3) is 0 Å². The lowest BCUT2D eigenvalue weighted by Gasteiger charge is -2.09. The Kier molecular flexibility index (Phi) is 3.37. The minimum absolute atomic E-state index is 0.227. The maximum atomic E-state index is 12.6. The van der Waals surface area contributed by atoms with Gasteiger partial charge >= 0.3 is 6.18 Å². The third kappa shape index (κ3) is 2.61. The number of fused-ring (bicyclic) bond motifs is 1. The minimum atomic E-state index is -4.39. The number of carbonyl (C=O) groups excluding carboxylic acids is 1. The van der Waals surface area contributed by atoms with Crippen LogP contribution >= 0.6 is 22.7 Å². The molecule has 3 rings (SSSR count). The number of rotatable bonds is 2. The molecule has 0 amide bonds. The van der Waals surface area contributed by atoms with E-state index in [1.54, 1.807) is 17.4 Å². The third-order valence-corrected chi connectivity index (χ3v) is 5.25. The van der Waals surface area contributed by atoms with Gasteiger partial charge in [-0.1, -0.05) is 6.07 Å². The maximum Gasteiger partial charge on any atom is 0.416 e. The fourth-order valence-corrected chi connectivity index (χ4v) is 4.17. The van der Waals surface area contributed by atoms with Crippen molar-refractivity contribution in [2.75, 3.05) is 0 Å². The molecule has 108 valence electrons. The molecule has 0 aliphatic heterocycles. The summed E-state index contributed by atoms with van der Waals surface area (Å²) in [4.78, 5) is 13.0. The maximum absolute atomic E-state index is 12.6. The van der Waals surface area contributed by atoms with Crippen LogP contribution in [-0.2, 0) is 6.18 Å². The van der Waals surface area contributed by atoms with Crippen molar-refractivity contribution in [2.24, 2.45) is 0 Å². The fraction of sp³-hybridized carbons (Fsp3) is 0.133. The predicted molar refractivity (Wildman–Crippen MR) is 79.3 cm³/mol. The number of thiophene rings is 2. The highest BCUT2D eigenvalue weighted by Gasteiger charge is 2.31. The van der Waals surface area contributed by atoms with Crippen LogP contribution in [0.2, 0.25) is 0 Å². The Balaban J connectivity index is 2.00. The number of aryl methyl sites for hydroxylation is 1. The van der Waals surface area contributed by atoms with Gasteiger partial charge in [0.2, 0.25) is 5.78 Å². The van der Waals surface area contributed by atoms with E-state index in [0.29, 0.717) is 16.0 Å². The summed E-state index contributed by atoms with van der Waals surface area (Å²) >= 11 is 2.90. The molecule has 2 aromatic heterocycles. The molecule has 0 spiro atoms. The largest absolute Gasteiger partial charge is 0.416 e. The fourth-order valence-electron chi connectivity index (χ4n) is 2.11. The Morgan fingerprint density at radius 3 is 2.48 bits per heavy atom. The second-order valence-electron chi connectivity index (χ2n) is 4.62. The summed E-state index contributed by atoms with van der Waals surface area (Å²) in [7, 11) is 0. The van der Waals surface area contributed by atoms with Crippen LogP contribution in [0.15, 0.2) is 35.7 Å². The first-order chi connectivity index (χ1) is 9.86. The van der Waals surface area contributed by atoms with Crippen molar-refractivity contribution in [1.29, 1.82) is 0 Å². The first-order valence-corrected chi connectivity index (χ1v) is 7.75. The van der Waals surface area contributed by atoms with Crippen LogP contribution < -0.4 is 0 Å². The molecule has 0 saturated heterocycles. The normalized spacial score (nSPS) is 12.0. The zero-order valence-electron chi connectivity index (χ0n) is 10.8. The van der Waals surface area contributed by atoms with Gasteiger partial charge < -0.3 is 0 Å². The van der Waals surface area contributed by atoms with Crippen molar-refractivity contribution in [3.05, 3.63) is 57.3 Å². The number of halogens is 3. The van der Waals surface area contributed by atoms with E-state index in [1.165, 1.54) is 24.3 Å². The number of hydrogen-bond donors (Lipinski definition) is 0. The Morgan fingerprint density at radius 2 is 1.86 bits per heavy atom. The van der Waals surface area contributed by atoms with E-state index in [-0.39, 0.29) is 5.78 Å². The summed E-state index contributed by atoms with van der Waals surface area (Å²) in [5, 5.41) is 1.94. The number of benzene rings is 1. The number of ketones is 1. The van der Waals surface area contributed by atoms with Crippen molar-refractivity contribution in [2.45, 2.75) is 13.1 Å². The number of hydrogen-bond acceptors (Lipinski definition) is 3. The number of alkyl halides is 3. The Hall–Kier alpha value is -1.66. The van der Waals surface area contributed by atoms with E-state index in [2.05, 4.69) is 0 Å². The van der Waals surface area contributed by atoms with Gasteiger partial charge in [0.05, 0.1) is 10.4 Å². The molecule has 0 radical (unpaired) electrons. The highest BCUT2D eigenvalue weighted by Crippen LogP contribution is 2.33. The second kappa shape index (κ2) is 4.96. The van der Waals surface area contributed by atoms with Gasteiger partial charge in [0, 0.05) is 15.0 Å². The lowest BCUT2D eigenvalue weighted by molar-refractivity contribution is -0.137. The van der Waals surface area contributed by atoms with Crippen molar-refractivity contribution in [3.8, 4) is 0 Å². The van der Waals surface area contributed by atoms with E-state index in [4.69, 9.17) is 0 Å². The van der Waals surface area contributed by atoms with E-state index < -0.39 is 11.7 Å². The average Bonchev–Trinajstić information content (AvgIpc) is 2.97. The van der Waals surface area contributed by atoms with Gasteiger partial charge in [0.15, 0.2) is 0 Å². The van der Waals surface area contributed by atoms with Gasteiger partial charge in [-0.25, -0.2) is 0 Å². The molecule has 1 aromatic carbocycles. The SMILES string of the molecule is Cc1cc(C(F)(F)F)ccc1C(=O)c1cc2sccc2s1. The summed E-state index contributed by atoms with van der Waals surface area (Å²) in [5.74, 6) is -0.227. The molecular formula is C15H9F3OS2. The topological polar surface area (TPSA) is 17.1 Å². The molecule has 0 N–H and O–H groups in total. The molecule has 1 nitrogen and oxygen atoms in total. The molecule has 0 aliphatic carbocycles. The third-order valence-electron chi connectivity index (χ3n) is 3.16. The van der Waals surface area contributed by atoms with Crippen molar-refractivity contribution in [3.63, 3.8) is 0 Å². The van der Waals surface area contributed by atoms with Crippen LogP contribution in [0.4, 0.5) is 13.2 Å². The van der Waals surface area contributed by atoms with Gasteiger partial charge in [-0.05, 0) is 42.1 Å². The first-order valence-electron chi connectivity index (χ1n) is 6.06. The van der Waals surface area contributed by atoms with Gasteiger partial charge in [0.1, 0.15) is 0 Å². The summed E-state index contributed by atoms with van der Waals surface area (Å²) in [6.07, 6.45) is -4.39. The lowest BCUT2D eigenvalue weighted by atomic mass is 10.0. The molecule has 0 unspecified atom stereocenters. The van der Waals surface area contributed by atoms with Gasteiger partial charge in [-0.15, -0.1) is 22.7 Å². The highest BCUT2D eigenvalue weighted by atomic mass is 32.1. The van der Waals surface area contributed by atoms with E-state index in [0.717, 1.165) is 21.5 Å². The Bertz CT molecular complexity index is 798. The van der Waals surface area contributed by atoms with Crippen LogP contribution in [0.3, 0.4) is 0 Å². The van der Waals surface area contributed by atoms with Crippen LogP contribution in [0, 0.1) is 6.92 Å². The van der Waals surface area contributed by atoms with Crippen LogP contribution in [-0.4, -0.2) is 5.78 Å². The standard InChI is InChI=1S/C15H9F3OS2/c1-8-6-9(15(16,17)18)2-3-10(8)14(19)13-7-12-11(21-13)4-5-20-12/h2-7H,1H3. The quantitative estimate of drug-likeness (QED) is 0.567. The zero-order valence-corrected chi connectivity index (χ0v) is 12.5. The second-order valence-corrected chi connectivity index (χ2v) is 6.65. The molecule has 2 heterocycles. The van der Waals surface area contributed by atoms with Crippen molar-refractivity contribution < 1.29 is 18.0 Å². The molecule has 0 bridgehead atoms. The summed E-state index contributed by atoms with van der Waals surface area (Å²) in [6, 6.07) is 6.96. The van der Waals surface area contributed by atoms with E-state index >= 15 is 0 Å². The van der Waals surface area contributed by atoms with E-state index in [1.807, 2.05) is 11.4 Å². The first kappa shape index (κ1) is 14.3. The lowest BCUT2D eigenvalue weighted by Crippen LogP contribution is -2.08. The molecule has 3 aromatic rings. The monoisotopic (exact) mass is 326 g/mol. The molecule has 0 atom stereocenters. The number of carbonyl (C=O) groups is 1. The summed E-state index contributed by atoms with van der Waals surface area (Å²) in [5.41, 5.74) is -0.0767.